The van der Waals surface area contributed by atoms with Crippen LogP contribution in [0.4, 0.5) is 0 Å². The molecule has 8 heteroatoms. The van der Waals surface area contributed by atoms with E-state index >= 15 is 0 Å². The second-order valence-electron chi connectivity index (χ2n) is 5.81. The zero-order valence-electron chi connectivity index (χ0n) is 14.4. The number of nitrogens with zero attached hydrogens (tertiary/aromatic N) is 1. The second-order valence-corrected chi connectivity index (χ2v) is 8.42. The van der Waals surface area contributed by atoms with Gasteiger partial charge in [-0.1, -0.05) is 47.5 Å². The molecule has 0 saturated heterocycles. The van der Waals surface area contributed by atoms with Gasteiger partial charge in [0.05, 0.1) is 10.9 Å². The summed E-state index contributed by atoms with van der Waals surface area (Å²) in [5.41, 5.74) is 0.775. The van der Waals surface area contributed by atoms with Crippen LogP contribution < -0.4 is 4.72 Å². The third-order valence-corrected chi connectivity index (χ3v) is 6.11. The summed E-state index contributed by atoms with van der Waals surface area (Å²) in [4.78, 5) is 14.1. The fraction of sp³-hybridized carbons (Fsp3) is 0.278. The molecule has 1 unspecified atom stereocenters. The van der Waals surface area contributed by atoms with Crippen molar-refractivity contribution in [3.05, 3.63) is 64.1 Å². The molecule has 1 amide bonds. The van der Waals surface area contributed by atoms with Crippen LogP contribution in [0.5, 0.6) is 0 Å². The number of nitrogens with one attached hydrogen (secondary N) is 1. The fourth-order valence-electron chi connectivity index (χ4n) is 2.42. The van der Waals surface area contributed by atoms with Crippen LogP contribution in [0.1, 0.15) is 24.9 Å². The van der Waals surface area contributed by atoms with Gasteiger partial charge in [0, 0.05) is 30.1 Å². The number of carbonyl (C=O) groups is 1. The molecule has 0 saturated carbocycles. The first-order chi connectivity index (χ1) is 12.2. The molecule has 0 fully saturated rings. The molecule has 1 N–H and O–H groups in total. The Morgan fingerprint density at radius 1 is 1.15 bits per heavy atom. The van der Waals surface area contributed by atoms with E-state index in [1.54, 1.807) is 43.4 Å². The van der Waals surface area contributed by atoms with E-state index < -0.39 is 10.0 Å². The Morgan fingerprint density at radius 2 is 1.81 bits per heavy atom. The monoisotopic (exact) mass is 414 g/mol. The van der Waals surface area contributed by atoms with Crippen molar-refractivity contribution in [3.63, 3.8) is 0 Å². The minimum Gasteiger partial charge on any atom is -0.339 e. The van der Waals surface area contributed by atoms with Crippen molar-refractivity contribution in [2.24, 2.45) is 0 Å². The van der Waals surface area contributed by atoms with E-state index in [0.717, 1.165) is 5.56 Å². The van der Waals surface area contributed by atoms with Crippen LogP contribution in [0.15, 0.2) is 53.4 Å². The lowest BCUT2D eigenvalue weighted by atomic mass is 10.1. The maximum absolute atomic E-state index is 12.4. The number of amides is 1. The smallest absolute Gasteiger partial charge is 0.240 e. The van der Waals surface area contributed by atoms with Crippen molar-refractivity contribution < 1.29 is 13.2 Å². The van der Waals surface area contributed by atoms with Gasteiger partial charge in [0.2, 0.25) is 15.9 Å². The molecular formula is C18H20Cl2N2O3S. The minimum atomic E-state index is -3.62. The van der Waals surface area contributed by atoms with Gasteiger partial charge in [0.25, 0.3) is 0 Å². The predicted molar refractivity (Wildman–Crippen MR) is 104 cm³/mol. The SMILES string of the molecule is CC(c1ccc(Cl)cc1Cl)N(C)C(=O)CCNS(=O)(=O)c1ccccc1. The molecule has 2 aromatic rings. The molecule has 0 spiro atoms. The Hall–Kier alpha value is -1.60. The lowest BCUT2D eigenvalue weighted by molar-refractivity contribution is -0.131. The molecule has 0 heterocycles. The summed E-state index contributed by atoms with van der Waals surface area (Å²) in [7, 11) is -1.97. The highest BCUT2D eigenvalue weighted by atomic mass is 35.5. The van der Waals surface area contributed by atoms with E-state index in [4.69, 9.17) is 23.2 Å². The molecule has 0 aromatic heterocycles. The molecule has 140 valence electrons. The Kier molecular flexibility index (Phi) is 7.06. The maximum Gasteiger partial charge on any atom is 0.240 e. The largest absolute Gasteiger partial charge is 0.339 e. The number of carbonyl (C=O) groups excluding carboxylic acids is 1. The predicted octanol–water partition coefficient (Wildman–Crippen LogP) is 3.88. The summed E-state index contributed by atoms with van der Waals surface area (Å²) in [5, 5.41) is 1.00. The molecular weight excluding hydrogens is 395 g/mol. The zero-order chi connectivity index (χ0) is 19.3. The van der Waals surface area contributed by atoms with Crippen LogP contribution in [-0.2, 0) is 14.8 Å². The lowest BCUT2D eigenvalue weighted by Crippen LogP contribution is -2.33. The van der Waals surface area contributed by atoms with Gasteiger partial charge in [0.1, 0.15) is 0 Å². The highest BCUT2D eigenvalue weighted by Crippen LogP contribution is 2.29. The number of rotatable bonds is 7. The second kappa shape index (κ2) is 8.86. The highest BCUT2D eigenvalue weighted by Gasteiger charge is 2.20. The lowest BCUT2D eigenvalue weighted by Gasteiger charge is -2.26. The summed E-state index contributed by atoms with van der Waals surface area (Å²) in [6, 6.07) is 12.9. The molecule has 2 aromatic carbocycles. The normalized spacial score (nSPS) is 12.6. The standard InChI is InChI=1S/C18H20Cl2N2O3S/c1-13(16-9-8-14(19)12-17(16)20)22(2)18(23)10-11-21-26(24,25)15-6-4-3-5-7-15/h3-9,12-13,21H,10-11H2,1-2H3. The minimum absolute atomic E-state index is 0.0153. The fourth-order valence-corrected chi connectivity index (χ4v) is 4.04. The van der Waals surface area contributed by atoms with Gasteiger partial charge in [-0.3, -0.25) is 4.79 Å². The van der Waals surface area contributed by atoms with Crippen molar-refractivity contribution in [2.45, 2.75) is 24.3 Å². The topological polar surface area (TPSA) is 66.5 Å². The van der Waals surface area contributed by atoms with E-state index in [2.05, 4.69) is 4.72 Å². The van der Waals surface area contributed by atoms with E-state index in [1.165, 1.54) is 17.0 Å². The summed E-state index contributed by atoms with van der Waals surface area (Å²) in [6.45, 7) is 1.86. The van der Waals surface area contributed by atoms with Crippen molar-refractivity contribution >= 4 is 39.1 Å². The summed E-state index contributed by atoms with van der Waals surface area (Å²) < 4.78 is 26.7. The van der Waals surface area contributed by atoms with E-state index in [1.807, 2.05) is 6.92 Å². The molecule has 5 nitrogen and oxygen atoms in total. The Bertz CT molecular complexity index is 873. The van der Waals surface area contributed by atoms with Crippen molar-refractivity contribution in [2.75, 3.05) is 13.6 Å². The number of hydrogen-bond donors (Lipinski definition) is 1. The van der Waals surface area contributed by atoms with Gasteiger partial charge in [-0.25, -0.2) is 13.1 Å². The molecule has 0 aliphatic carbocycles. The van der Waals surface area contributed by atoms with Crippen LogP contribution >= 0.6 is 23.2 Å². The van der Waals surface area contributed by atoms with Crippen LogP contribution in [-0.4, -0.2) is 32.8 Å². The van der Waals surface area contributed by atoms with Gasteiger partial charge >= 0.3 is 0 Å². The molecule has 0 aliphatic rings. The quantitative estimate of drug-likeness (QED) is 0.747. The Labute approximate surface area is 164 Å². The number of sulfonamides is 1. The van der Waals surface area contributed by atoms with Gasteiger partial charge in [-0.2, -0.15) is 0 Å². The third kappa shape index (κ3) is 5.20. The molecule has 0 bridgehead atoms. The Morgan fingerprint density at radius 3 is 2.42 bits per heavy atom. The first-order valence-electron chi connectivity index (χ1n) is 7.97. The molecule has 2 rings (SSSR count). The van der Waals surface area contributed by atoms with Crippen LogP contribution in [0, 0.1) is 0 Å². The summed E-state index contributed by atoms with van der Waals surface area (Å²) in [6.07, 6.45) is 0.0398. The molecule has 0 radical (unpaired) electrons. The van der Waals surface area contributed by atoms with Crippen molar-refractivity contribution in [3.8, 4) is 0 Å². The maximum atomic E-state index is 12.4. The van der Waals surface area contributed by atoms with Crippen molar-refractivity contribution in [1.82, 2.24) is 9.62 Å². The van der Waals surface area contributed by atoms with Crippen LogP contribution in [0.25, 0.3) is 0 Å². The average Bonchev–Trinajstić information content (AvgIpc) is 2.61. The summed E-state index contributed by atoms with van der Waals surface area (Å²) >= 11 is 12.1. The van der Waals surface area contributed by atoms with Crippen LogP contribution in [0.2, 0.25) is 10.0 Å². The highest BCUT2D eigenvalue weighted by molar-refractivity contribution is 7.89. The Balaban J connectivity index is 1.95. The first kappa shape index (κ1) is 20.7. The molecule has 26 heavy (non-hydrogen) atoms. The van der Waals surface area contributed by atoms with E-state index in [0.29, 0.717) is 10.0 Å². The van der Waals surface area contributed by atoms with Crippen molar-refractivity contribution in [1.29, 1.82) is 0 Å². The summed E-state index contributed by atoms with van der Waals surface area (Å²) in [5.74, 6) is -0.195. The third-order valence-electron chi connectivity index (χ3n) is 4.07. The first-order valence-corrected chi connectivity index (χ1v) is 10.2. The van der Waals surface area contributed by atoms with Gasteiger partial charge < -0.3 is 4.90 Å². The van der Waals surface area contributed by atoms with Gasteiger partial charge in [0.15, 0.2) is 0 Å². The van der Waals surface area contributed by atoms with Gasteiger partial charge in [-0.05, 0) is 36.8 Å². The molecule has 1 atom stereocenters. The average molecular weight is 415 g/mol. The van der Waals surface area contributed by atoms with Crippen LogP contribution in [0.3, 0.4) is 0 Å². The zero-order valence-corrected chi connectivity index (χ0v) is 16.8. The molecule has 0 aliphatic heterocycles. The van der Waals surface area contributed by atoms with E-state index in [9.17, 15) is 13.2 Å². The van der Waals surface area contributed by atoms with Gasteiger partial charge in [-0.15, -0.1) is 0 Å². The number of benzene rings is 2. The van der Waals surface area contributed by atoms with E-state index in [-0.39, 0.29) is 29.8 Å². The number of hydrogen-bond acceptors (Lipinski definition) is 3. The number of halogens is 2.